The lowest BCUT2D eigenvalue weighted by molar-refractivity contribution is 0.0986. The lowest BCUT2D eigenvalue weighted by Crippen LogP contribution is -2.29. The van der Waals surface area contributed by atoms with Crippen molar-refractivity contribution < 1.29 is 19.8 Å². The lowest BCUT2D eigenvalue weighted by atomic mass is 9.95. The van der Waals surface area contributed by atoms with Crippen molar-refractivity contribution in [1.29, 1.82) is 0 Å². The minimum Gasteiger partial charge on any atom is -0.507 e. The number of thiophene rings is 1. The van der Waals surface area contributed by atoms with Crippen molar-refractivity contribution in [2.45, 2.75) is 12.3 Å². The largest absolute Gasteiger partial charge is 0.507 e. The van der Waals surface area contributed by atoms with Crippen LogP contribution in [0.3, 0.4) is 0 Å². The first-order valence-corrected chi connectivity index (χ1v) is 14.1. The second kappa shape index (κ2) is 9.00. The van der Waals surface area contributed by atoms with E-state index in [9.17, 15) is 19.8 Å². The average molecular weight is 555 g/mol. The Kier molecular flexibility index (Phi) is 5.54. The Hall–Kier alpha value is -4.07. The molecule has 0 radical (unpaired) electrons. The summed E-state index contributed by atoms with van der Waals surface area (Å²) in [6, 6.07) is 21.9. The molecular weight excluding hydrogens is 532 g/mol. The Morgan fingerprint density at radius 2 is 1.36 bits per heavy atom. The predicted octanol–water partition coefficient (Wildman–Crippen LogP) is 6.65. The zero-order valence-corrected chi connectivity index (χ0v) is 22.3. The molecule has 6 nitrogen and oxygen atoms in total. The Labute approximate surface area is 233 Å². The molecule has 2 N–H and O–H groups in total. The van der Waals surface area contributed by atoms with Crippen LogP contribution in [0.2, 0.25) is 0 Å². The molecule has 3 heterocycles. The summed E-state index contributed by atoms with van der Waals surface area (Å²) in [5, 5.41) is 24.6. The number of phenols is 2. The SMILES string of the molecule is O=C(c1ccc(C(=O)N2CC(CCl)c3c2cc(O)c2ccccc32)s1)N1CCc2c1cc(O)c1ccccc21. The number of carbonyl (C=O) groups is 2. The quantitative estimate of drug-likeness (QED) is 0.245. The van der Waals surface area contributed by atoms with Gasteiger partial charge in [0.05, 0.1) is 21.1 Å². The van der Waals surface area contributed by atoms with Crippen LogP contribution in [0.1, 0.15) is 36.4 Å². The highest BCUT2D eigenvalue weighted by Gasteiger charge is 2.36. The van der Waals surface area contributed by atoms with Gasteiger partial charge in [0, 0.05) is 47.8 Å². The molecule has 0 aliphatic carbocycles. The van der Waals surface area contributed by atoms with Crippen molar-refractivity contribution in [3.63, 3.8) is 0 Å². The van der Waals surface area contributed by atoms with Gasteiger partial charge in [-0.2, -0.15) is 0 Å². The smallest absolute Gasteiger partial charge is 0.268 e. The van der Waals surface area contributed by atoms with Gasteiger partial charge in [-0.05, 0) is 40.5 Å². The fourth-order valence-electron chi connectivity index (χ4n) is 6.04. The van der Waals surface area contributed by atoms with Gasteiger partial charge in [0.15, 0.2) is 0 Å². The van der Waals surface area contributed by atoms with Crippen LogP contribution in [0.4, 0.5) is 11.4 Å². The first kappa shape index (κ1) is 24.0. The number of carbonyl (C=O) groups excluding carboxylic acids is 2. The highest BCUT2D eigenvalue weighted by atomic mass is 35.5. The summed E-state index contributed by atoms with van der Waals surface area (Å²) in [5.74, 6) is 0.104. The molecule has 7 rings (SSSR count). The maximum absolute atomic E-state index is 13.7. The summed E-state index contributed by atoms with van der Waals surface area (Å²) in [4.78, 5) is 31.5. The molecule has 39 heavy (non-hydrogen) atoms. The summed E-state index contributed by atoms with van der Waals surface area (Å²) >= 11 is 7.49. The molecule has 1 unspecified atom stereocenters. The number of amides is 2. The molecule has 0 bridgehead atoms. The maximum Gasteiger partial charge on any atom is 0.268 e. The molecule has 194 valence electrons. The molecule has 0 saturated heterocycles. The van der Waals surface area contributed by atoms with E-state index >= 15 is 0 Å². The van der Waals surface area contributed by atoms with E-state index in [1.807, 2.05) is 48.5 Å². The minimum atomic E-state index is -0.229. The van der Waals surface area contributed by atoms with Crippen molar-refractivity contribution in [2.24, 2.45) is 0 Å². The van der Waals surface area contributed by atoms with Gasteiger partial charge in [-0.15, -0.1) is 22.9 Å². The van der Waals surface area contributed by atoms with Gasteiger partial charge in [-0.3, -0.25) is 9.59 Å². The summed E-state index contributed by atoms with van der Waals surface area (Å²) in [5.41, 5.74) is 3.36. The van der Waals surface area contributed by atoms with Crippen molar-refractivity contribution in [2.75, 3.05) is 28.8 Å². The summed E-state index contributed by atoms with van der Waals surface area (Å²) < 4.78 is 0. The van der Waals surface area contributed by atoms with Crippen LogP contribution in [0.15, 0.2) is 72.8 Å². The van der Waals surface area contributed by atoms with Gasteiger partial charge < -0.3 is 20.0 Å². The zero-order valence-electron chi connectivity index (χ0n) is 20.7. The zero-order chi connectivity index (χ0) is 26.8. The Morgan fingerprint density at radius 3 is 2.03 bits per heavy atom. The van der Waals surface area contributed by atoms with E-state index in [0.29, 0.717) is 46.5 Å². The number of hydrogen-bond acceptors (Lipinski definition) is 5. The topological polar surface area (TPSA) is 81.1 Å². The second-order valence-electron chi connectivity index (χ2n) is 9.95. The Balaban J connectivity index is 1.21. The van der Waals surface area contributed by atoms with Crippen LogP contribution in [0, 0.1) is 0 Å². The highest BCUT2D eigenvalue weighted by Crippen LogP contribution is 2.46. The number of anilines is 2. The van der Waals surface area contributed by atoms with Gasteiger partial charge >= 0.3 is 0 Å². The third kappa shape index (κ3) is 3.61. The highest BCUT2D eigenvalue weighted by molar-refractivity contribution is 7.16. The summed E-state index contributed by atoms with van der Waals surface area (Å²) in [6.45, 7) is 0.907. The number of benzene rings is 4. The van der Waals surface area contributed by atoms with Crippen LogP contribution in [0.5, 0.6) is 11.5 Å². The normalized spacial score (nSPS) is 16.2. The van der Waals surface area contributed by atoms with Crippen molar-refractivity contribution >= 4 is 67.7 Å². The third-order valence-electron chi connectivity index (χ3n) is 7.84. The lowest BCUT2D eigenvalue weighted by Gasteiger charge is -2.18. The van der Waals surface area contributed by atoms with Crippen molar-refractivity contribution in [3.05, 3.63) is 93.7 Å². The number of hydrogen-bond donors (Lipinski definition) is 2. The molecule has 1 aromatic heterocycles. The molecular formula is C31H23ClN2O4S. The first-order chi connectivity index (χ1) is 19.0. The predicted molar refractivity (Wildman–Crippen MR) is 156 cm³/mol. The number of phenolic OH excluding ortho intramolecular Hbond substituents is 2. The van der Waals surface area contributed by atoms with Gasteiger partial charge in [0.25, 0.3) is 11.8 Å². The van der Waals surface area contributed by atoms with E-state index < -0.39 is 0 Å². The molecule has 5 aromatic rings. The molecule has 2 aliphatic heterocycles. The number of halogens is 1. The average Bonchev–Trinajstić information content (AvgIpc) is 3.70. The number of rotatable bonds is 3. The number of fused-ring (bicyclic) bond motifs is 6. The number of nitrogens with zero attached hydrogens (tertiary/aromatic N) is 2. The first-order valence-electron chi connectivity index (χ1n) is 12.7. The van der Waals surface area contributed by atoms with E-state index in [1.54, 1.807) is 34.1 Å². The van der Waals surface area contributed by atoms with Gasteiger partial charge in [-0.1, -0.05) is 48.5 Å². The molecule has 0 fully saturated rings. The van der Waals surface area contributed by atoms with E-state index in [4.69, 9.17) is 11.6 Å². The van der Waals surface area contributed by atoms with Crippen molar-refractivity contribution in [1.82, 2.24) is 0 Å². The molecule has 8 heteroatoms. The summed E-state index contributed by atoms with van der Waals surface area (Å²) in [6.07, 6.45) is 0.695. The standard InChI is InChI=1S/C31H23ClN2O4S/c32-15-17-16-34(24-14-26(36)21-7-3-4-8-22(21)29(17)24)31(38)28-10-9-27(39-28)30(37)33-12-11-19-18-5-1-2-6-20(18)25(35)13-23(19)33/h1-10,13-14,17,35-36H,11-12,15-16H2. The van der Waals surface area contributed by atoms with Gasteiger partial charge in [0.2, 0.25) is 0 Å². The van der Waals surface area contributed by atoms with Crippen molar-refractivity contribution in [3.8, 4) is 11.5 Å². The Bertz CT molecular complexity index is 1830. The molecule has 2 amide bonds. The van der Waals surface area contributed by atoms with Crippen LogP contribution in [-0.2, 0) is 6.42 Å². The maximum atomic E-state index is 13.7. The number of alkyl halides is 1. The monoisotopic (exact) mass is 554 g/mol. The van der Waals surface area contributed by atoms with E-state index in [0.717, 1.165) is 44.0 Å². The molecule has 4 aromatic carbocycles. The molecule has 1 atom stereocenters. The van der Waals surface area contributed by atoms with Gasteiger partial charge in [-0.25, -0.2) is 0 Å². The third-order valence-corrected chi connectivity index (χ3v) is 9.27. The molecule has 2 aliphatic rings. The molecule has 0 saturated carbocycles. The van der Waals surface area contributed by atoms with Gasteiger partial charge in [0.1, 0.15) is 11.5 Å². The second-order valence-corrected chi connectivity index (χ2v) is 11.3. The van der Waals surface area contributed by atoms with Crippen LogP contribution in [-0.4, -0.2) is 41.0 Å². The summed E-state index contributed by atoms with van der Waals surface area (Å²) in [7, 11) is 0. The fraction of sp³-hybridized carbons (Fsp3) is 0.161. The van der Waals surface area contributed by atoms with Crippen LogP contribution >= 0.6 is 22.9 Å². The van der Waals surface area contributed by atoms with E-state index in [2.05, 4.69) is 0 Å². The minimum absolute atomic E-state index is 0.0687. The number of aromatic hydroxyl groups is 2. The van der Waals surface area contributed by atoms with Crippen LogP contribution in [0.25, 0.3) is 21.5 Å². The van der Waals surface area contributed by atoms with E-state index in [-0.39, 0.29) is 29.2 Å². The Morgan fingerprint density at radius 1 is 0.795 bits per heavy atom. The van der Waals surface area contributed by atoms with Crippen LogP contribution < -0.4 is 9.80 Å². The molecule has 0 spiro atoms. The van der Waals surface area contributed by atoms with E-state index in [1.165, 1.54) is 0 Å². The fourth-order valence-corrected chi connectivity index (χ4v) is 7.20.